The van der Waals surface area contributed by atoms with Crippen molar-refractivity contribution in [2.24, 2.45) is 0 Å². The van der Waals surface area contributed by atoms with Gasteiger partial charge in [-0.1, -0.05) is 17.7 Å². The molecule has 0 bridgehead atoms. The number of hydrogen-bond donors (Lipinski definition) is 2. The molecule has 0 radical (unpaired) electrons. The standard InChI is InChI=1S/C15H19ClN4/c1-9(2)17-14-7-11(4)18-15(20-14)19-12-6-5-10(3)13(16)8-12/h5-9H,1-4H3,(H2,17,18,19,20). The minimum absolute atomic E-state index is 0.325. The lowest BCUT2D eigenvalue weighted by Crippen LogP contribution is -2.12. The van der Waals surface area contributed by atoms with Gasteiger partial charge >= 0.3 is 0 Å². The third-order valence-electron chi connectivity index (χ3n) is 2.72. The summed E-state index contributed by atoms with van der Waals surface area (Å²) in [5.41, 5.74) is 2.83. The van der Waals surface area contributed by atoms with E-state index in [0.717, 1.165) is 27.8 Å². The minimum Gasteiger partial charge on any atom is -0.368 e. The van der Waals surface area contributed by atoms with Crippen molar-refractivity contribution in [2.45, 2.75) is 33.7 Å². The third-order valence-corrected chi connectivity index (χ3v) is 3.13. The largest absolute Gasteiger partial charge is 0.368 e. The highest BCUT2D eigenvalue weighted by atomic mass is 35.5. The van der Waals surface area contributed by atoms with Gasteiger partial charge in [-0.15, -0.1) is 0 Å². The molecule has 0 saturated heterocycles. The van der Waals surface area contributed by atoms with Crippen molar-refractivity contribution in [3.63, 3.8) is 0 Å². The molecule has 2 aromatic rings. The molecular weight excluding hydrogens is 272 g/mol. The molecule has 0 unspecified atom stereocenters. The van der Waals surface area contributed by atoms with Crippen LogP contribution in [0.15, 0.2) is 24.3 Å². The minimum atomic E-state index is 0.325. The molecule has 0 atom stereocenters. The van der Waals surface area contributed by atoms with Crippen molar-refractivity contribution in [1.82, 2.24) is 9.97 Å². The monoisotopic (exact) mass is 290 g/mol. The maximum atomic E-state index is 6.12. The van der Waals surface area contributed by atoms with E-state index in [2.05, 4.69) is 34.4 Å². The zero-order chi connectivity index (χ0) is 14.7. The molecule has 2 rings (SSSR count). The van der Waals surface area contributed by atoms with E-state index in [-0.39, 0.29) is 0 Å². The van der Waals surface area contributed by atoms with Crippen LogP contribution in [-0.2, 0) is 0 Å². The van der Waals surface area contributed by atoms with Crippen LogP contribution in [0.1, 0.15) is 25.1 Å². The Kier molecular flexibility index (Phi) is 4.45. The maximum absolute atomic E-state index is 6.12. The SMILES string of the molecule is Cc1cc(NC(C)C)nc(Nc2ccc(C)c(Cl)c2)n1. The fourth-order valence-corrected chi connectivity index (χ4v) is 1.97. The summed E-state index contributed by atoms with van der Waals surface area (Å²) in [5, 5.41) is 7.18. The number of benzene rings is 1. The lowest BCUT2D eigenvalue weighted by atomic mass is 10.2. The number of rotatable bonds is 4. The van der Waals surface area contributed by atoms with E-state index in [1.54, 1.807) is 0 Å². The van der Waals surface area contributed by atoms with Crippen molar-refractivity contribution >= 4 is 29.1 Å². The molecule has 1 aromatic carbocycles. The van der Waals surface area contributed by atoms with Crippen LogP contribution in [0, 0.1) is 13.8 Å². The van der Waals surface area contributed by atoms with Crippen LogP contribution in [-0.4, -0.2) is 16.0 Å². The van der Waals surface area contributed by atoms with Gasteiger partial charge in [0, 0.05) is 28.5 Å². The second-order valence-electron chi connectivity index (χ2n) is 5.11. The first-order valence-electron chi connectivity index (χ1n) is 6.59. The Morgan fingerprint density at radius 1 is 1.10 bits per heavy atom. The Balaban J connectivity index is 2.24. The number of nitrogens with one attached hydrogen (secondary N) is 2. The summed E-state index contributed by atoms with van der Waals surface area (Å²) in [6, 6.07) is 8.05. The first kappa shape index (κ1) is 14.6. The quantitative estimate of drug-likeness (QED) is 0.881. The first-order valence-corrected chi connectivity index (χ1v) is 6.97. The molecule has 4 nitrogen and oxygen atoms in total. The molecule has 20 heavy (non-hydrogen) atoms. The number of aromatic nitrogens is 2. The molecular formula is C15H19ClN4. The molecule has 1 heterocycles. The van der Waals surface area contributed by atoms with Crippen molar-refractivity contribution in [1.29, 1.82) is 0 Å². The van der Waals surface area contributed by atoms with Crippen LogP contribution in [0.5, 0.6) is 0 Å². The maximum Gasteiger partial charge on any atom is 0.229 e. The van der Waals surface area contributed by atoms with E-state index in [0.29, 0.717) is 12.0 Å². The number of nitrogens with zero attached hydrogens (tertiary/aromatic N) is 2. The summed E-state index contributed by atoms with van der Waals surface area (Å²) in [6.07, 6.45) is 0. The van der Waals surface area contributed by atoms with Crippen LogP contribution < -0.4 is 10.6 Å². The molecule has 2 N–H and O–H groups in total. The average Bonchev–Trinajstić information content (AvgIpc) is 2.32. The third kappa shape index (κ3) is 3.84. The van der Waals surface area contributed by atoms with E-state index < -0.39 is 0 Å². The van der Waals surface area contributed by atoms with E-state index in [9.17, 15) is 0 Å². The summed E-state index contributed by atoms with van der Waals surface area (Å²) in [4.78, 5) is 8.83. The van der Waals surface area contributed by atoms with Crippen LogP contribution in [0.4, 0.5) is 17.5 Å². The molecule has 0 fully saturated rings. The molecule has 0 saturated carbocycles. The van der Waals surface area contributed by atoms with E-state index in [1.807, 2.05) is 38.1 Å². The molecule has 0 spiro atoms. The Morgan fingerprint density at radius 2 is 1.85 bits per heavy atom. The summed E-state index contributed by atoms with van der Waals surface area (Å²) >= 11 is 6.12. The Bertz CT molecular complexity index is 611. The Hall–Kier alpha value is -1.81. The highest BCUT2D eigenvalue weighted by molar-refractivity contribution is 6.31. The average molecular weight is 291 g/mol. The number of hydrogen-bond acceptors (Lipinski definition) is 4. The second kappa shape index (κ2) is 6.09. The lowest BCUT2D eigenvalue weighted by molar-refractivity contribution is 0.885. The highest BCUT2D eigenvalue weighted by Gasteiger charge is 2.05. The van der Waals surface area contributed by atoms with Gasteiger partial charge < -0.3 is 10.6 Å². The normalized spacial score (nSPS) is 10.7. The summed E-state index contributed by atoms with van der Waals surface area (Å²) in [7, 11) is 0. The van der Waals surface area contributed by atoms with Gasteiger partial charge in [-0.25, -0.2) is 4.98 Å². The molecule has 0 aliphatic carbocycles. The van der Waals surface area contributed by atoms with Crippen LogP contribution >= 0.6 is 11.6 Å². The first-order chi connectivity index (χ1) is 9.44. The Morgan fingerprint density at radius 3 is 2.50 bits per heavy atom. The smallest absolute Gasteiger partial charge is 0.229 e. The molecule has 0 aliphatic rings. The van der Waals surface area contributed by atoms with Gasteiger partial charge in [0.05, 0.1) is 0 Å². The fraction of sp³-hybridized carbons (Fsp3) is 0.333. The fourth-order valence-electron chi connectivity index (χ4n) is 1.79. The van der Waals surface area contributed by atoms with Crippen LogP contribution in [0.2, 0.25) is 5.02 Å². The molecule has 0 aliphatic heterocycles. The predicted octanol–water partition coefficient (Wildman–Crippen LogP) is 4.31. The lowest BCUT2D eigenvalue weighted by Gasteiger charge is -2.12. The molecule has 0 amide bonds. The van der Waals surface area contributed by atoms with Crippen molar-refractivity contribution in [3.8, 4) is 0 Å². The Labute approximate surface area is 124 Å². The van der Waals surface area contributed by atoms with Gasteiger partial charge in [0.1, 0.15) is 5.82 Å². The molecule has 5 heteroatoms. The van der Waals surface area contributed by atoms with Gasteiger partial charge in [0.25, 0.3) is 0 Å². The van der Waals surface area contributed by atoms with Gasteiger partial charge in [0.15, 0.2) is 0 Å². The number of anilines is 3. The number of halogens is 1. The molecule has 106 valence electrons. The van der Waals surface area contributed by atoms with E-state index in [1.165, 1.54) is 0 Å². The van der Waals surface area contributed by atoms with Crippen molar-refractivity contribution < 1.29 is 0 Å². The van der Waals surface area contributed by atoms with Crippen molar-refractivity contribution in [2.75, 3.05) is 10.6 Å². The zero-order valence-electron chi connectivity index (χ0n) is 12.2. The van der Waals surface area contributed by atoms with E-state index >= 15 is 0 Å². The zero-order valence-corrected chi connectivity index (χ0v) is 12.9. The van der Waals surface area contributed by atoms with Gasteiger partial charge in [-0.2, -0.15) is 4.98 Å². The van der Waals surface area contributed by atoms with Gasteiger partial charge in [-0.05, 0) is 45.4 Å². The van der Waals surface area contributed by atoms with Gasteiger partial charge in [-0.3, -0.25) is 0 Å². The number of aryl methyl sites for hydroxylation is 2. The predicted molar refractivity (Wildman–Crippen MR) is 85.0 cm³/mol. The molecule has 1 aromatic heterocycles. The van der Waals surface area contributed by atoms with Crippen LogP contribution in [0.3, 0.4) is 0 Å². The highest BCUT2D eigenvalue weighted by Crippen LogP contribution is 2.22. The van der Waals surface area contributed by atoms with E-state index in [4.69, 9.17) is 11.6 Å². The van der Waals surface area contributed by atoms with Crippen molar-refractivity contribution in [3.05, 3.63) is 40.5 Å². The van der Waals surface area contributed by atoms with Gasteiger partial charge in [0.2, 0.25) is 5.95 Å². The van der Waals surface area contributed by atoms with Crippen LogP contribution in [0.25, 0.3) is 0 Å². The summed E-state index contributed by atoms with van der Waals surface area (Å²) < 4.78 is 0. The summed E-state index contributed by atoms with van der Waals surface area (Å²) in [6.45, 7) is 8.06. The summed E-state index contributed by atoms with van der Waals surface area (Å²) in [5.74, 6) is 1.38. The topological polar surface area (TPSA) is 49.8 Å². The second-order valence-corrected chi connectivity index (χ2v) is 5.51.